The van der Waals surface area contributed by atoms with Crippen LogP contribution in [0.3, 0.4) is 0 Å². The Bertz CT molecular complexity index is 375. The zero-order valence-corrected chi connectivity index (χ0v) is 12.7. The molecule has 2 atom stereocenters. The van der Waals surface area contributed by atoms with Gasteiger partial charge in [-0.3, -0.25) is 4.90 Å². The predicted molar refractivity (Wildman–Crippen MR) is 80.6 cm³/mol. The molecule has 0 amide bonds. The van der Waals surface area contributed by atoms with Crippen LogP contribution in [-0.4, -0.2) is 24.0 Å². The van der Waals surface area contributed by atoms with Gasteiger partial charge in [0.05, 0.1) is 6.04 Å². The maximum atomic E-state index is 6.39. The van der Waals surface area contributed by atoms with Crippen molar-refractivity contribution >= 4 is 15.9 Å². The smallest absolute Gasteiger partial charge is 0.0510 e. The van der Waals surface area contributed by atoms with Gasteiger partial charge in [0.1, 0.15) is 0 Å². The van der Waals surface area contributed by atoms with E-state index in [9.17, 15) is 0 Å². The zero-order chi connectivity index (χ0) is 13.0. The van der Waals surface area contributed by atoms with E-state index in [4.69, 9.17) is 5.73 Å². The second-order valence-electron chi connectivity index (χ2n) is 5.14. The highest BCUT2D eigenvalue weighted by atomic mass is 79.9. The second-order valence-corrected chi connectivity index (χ2v) is 5.99. The fourth-order valence-electron chi connectivity index (χ4n) is 2.83. The monoisotopic (exact) mass is 310 g/mol. The standard InChI is InChI=1S/C15H23BrN2/c1-2-14(17)15(18-10-6-3-7-11-18)12-8-4-5-9-13(12)16/h4-5,8-9,14-15H,2-3,6-7,10-11,17H2,1H3. The minimum Gasteiger partial charge on any atom is -0.326 e. The molecule has 2 rings (SSSR count). The molecule has 2 nitrogen and oxygen atoms in total. The van der Waals surface area contributed by atoms with Crippen molar-refractivity contribution in [2.45, 2.75) is 44.7 Å². The minimum absolute atomic E-state index is 0.210. The van der Waals surface area contributed by atoms with E-state index in [-0.39, 0.29) is 6.04 Å². The van der Waals surface area contributed by atoms with Crippen molar-refractivity contribution in [1.29, 1.82) is 0 Å². The number of piperidine rings is 1. The van der Waals surface area contributed by atoms with Gasteiger partial charge in [-0.1, -0.05) is 47.5 Å². The number of benzene rings is 1. The second kappa shape index (κ2) is 6.69. The molecular formula is C15H23BrN2. The van der Waals surface area contributed by atoms with Crippen molar-refractivity contribution in [3.63, 3.8) is 0 Å². The highest BCUT2D eigenvalue weighted by Gasteiger charge is 2.27. The number of hydrogen-bond donors (Lipinski definition) is 1. The lowest BCUT2D eigenvalue weighted by Gasteiger charge is -2.38. The first-order chi connectivity index (χ1) is 8.74. The molecule has 0 radical (unpaired) electrons. The molecule has 0 bridgehead atoms. The Kier molecular flexibility index (Phi) is 5.22. The topological polar surface area (TPSA) is 29.3 Å². The lowest BCUT2D eigenvalue weighted by molar-refractivity contribution is 0.140. The average molecular weight is 311 g/mol. The van der Waals surface area contributed by atoms with Crippen LogP contribution in [0.5, 0.6) is 0 Å². The lowest BCUT2D eigenvalue weighted by Crippen LogP contribution is -2.43. The number of hydrogen-bond acceptors (Lipinski definition) is 2. The van der Waals surface area contributed by atoms with Gasteiger partial charge in [0.15, 0.2) is 0 Å². The van der Waals surface area contributed by atoms with Gasteiger partial charge in [-0.25, -0.2) is 0 Å². The fourth-order valence-corrected chi connectivity index (χ4v) is 3.35. The quantitative estimate of drug-likeness (QED) is 0.918. The molecule has 1 fully saturated rings. The van der Waals surface area contributed by atoms with E-state index in [1.54, 1.807) is 0 Å². The van der Waals surface area contributed by atoms with Crippen LogP contribution in [0.25, 0.3) is 0 Å². The zero-order valence-electron chi connectivity index (χ0n) is 11.1. The summed E-state index contributed by atoms with van der Waals surface area (Å²) in [4.78, 5) is 2.57. The molecule has 1 saturated heterocycles. The first-order valence-electron chi connectivity index (χ1n) is 6.98. The molecule has 0 aliphatic carbocycles. The van der Waals surface area contributed by atoms with Crippen molar-refractivity contribution in [2.24, 2.45) is 5.73 Å². The maximum absolute atomic E-state index is 6.39. The summed E-state index contributed by atoms with van der Waals surface area (Å²) < 4.78 is 1.18. The molecule has 1 aromatic rings. The number of rotatable bonds is 4. The molecule has 3 heteroatoms. The van der Waals surface area contributed by atoms with Crippen LogP contribution in [0.4, 0.5) is 0 Å². The summed E-state index contributed by atoms with van der Waals surface area (Å²) in [6, 6.07) is 9.07. The van der Waals surface area contributed by atoms with Crippen LogP contribution in [0.1, 0.15) is 44.2 Å². The normalized spacial score (nSPS) is 20.6. The van der Waals surface area contributed by atoms with E-state index in [0.717, 1.165) is 6.42 Å². The summed E-state index contributed by atoms with van der Waals surface area (Å²) in [6.07, 6.45) is 4.98. The van der Waals surface area contributed by atoms with Crippen LogP contribution in [0.2, 0.25) is 0 Å². The van der Waals surface area contributed by atoms with Crippen molar-refractivity contribution in [3.05, 3.63) is 34.3 Å². The van der Waals surface area contributed by atoms with Gasteiger partial charge in [-0.2, -0.15) is 0 Å². The number of likely N-dealkylation sites (tertiary alicyclic amines) is 1. The Balaban J connectivity index is 2.27. The fraction of sp³-hybridized carbons (Fsp3) is 0.600. The third-order valence-electron chi connectivity index (χ3n) is 3.88. The number of nitrogens with zero attached hydrogens (tertiary/aromatic N) is 1. The first-order valence-corrected chi connectivity index (χ1v) is 7.77. The Morgan fingerprint density at radius 1 is 1.22 bits per heavy atom. The summed E-state index contributed by atoms with van der Waals surface area (Å²) in [5.74, 6) is 0. The van der Waals surface area contributed by atoms with Crippen molar-refractivity contribution in [1.82, 2.24) is 4.90 Å². The van der Waals surface area contributed by atoms with Gasteiger partial charge in [0.2, 0.25) is 0 Å². The van der Waals surface area contributed by atoms with Crippen molar-refractivity contribution in [2.75, 3.05) is 13.1 Å². The molecule has 18 heavy (non-hydrogen) atoms. The third-order valence-corrected chi connectivity index (χ3v) is 4.61. The predicted octanol–water partition coefficient (Wildman–Crippen LogP) is 3.71. The van der Waals surface area contributed by atoms with E-state index < -0.39 is 0 Å². The lowest BCUT2D eigenvalue weighted by atomic mass is 9.94. The van der Waals surface area contributed by atoms with Crippen LogP contribution < -0.4 is 5.73 Å². The highest BCUT2D eigenvalue weighted by Crippen LogP contribution is 2.32. The highest BCUT2D eigenvalue weighted by molar-refractivity contribution is 9.10. The molecule has 100 valence electrons. The van der Waals surface area contributed by atoms with Gasteiger partial charge in [0, 0.05) is 10.5 Å². The molecule has 0 aromatic heterocycles. The molecule has 1 aliphatic heterocycles. The molecule has 1 aliphatic rings. The van der Waals surface area contributed by atoms with Gasteiger partial charge in [-0.05, 0) is 44.0 Å². The molecule has 0 saturated carbocycles. The van der Waals surface area contributed by atoms with Crippen LogP contribution >= 0.6 is 15.9 Å². The molecule has 1 heterocycles. The summed E-state index contributed by atoms with van der Waals surface area (Å²) >= 11 is 3.68. The molecule has 1 aromatic carbocycles. The van der Waals surface area contributed by atoms with Crippen molar-refractivity contribution in [3.8, 4) is 0 Å². The number of halogens is 1. The first kappa shape index (κ1) is 14.0. The van der Waals surface area contributed by atoms with Crippen molar-refractivity contribution < 1.29 is 0 Å². The van der Waals surface area contributed by atoms with Gasteiger partial charge >= 0.3 is 0 Å². The molecule has 2 N–H and O–H groups in total. The Morgan fingerprint density at radius 2 is 1.89 bits per heavy atom. The number of nitrogens with two attached hydrogens (primary N) is 1. The van der Waals surface area contributed by atoms with E-state index in [2.05, 4.69) is 52.0 Å². The molecule has 0 spiro atoms. The summed E-state index contributed by atoms with van der Waals surface area (Å²) in [5, 5.41) is 0. The van der Waals surface area contributed by atoms with E-state index >= 15 is 0 Å². The summed E-state index contributed by atoms with van der Waals surface area (Å²) in [5.41, 5.74) is 7.73. The van der Waals surface area contributed by atoms with Crippen LogP contribution in [0, 0.1) is 0 Å². The van der Waals surface area contributed by atoms with E-state index in [1.165, 1.54) is 42.4 Å². The van der Waals surface area contributed by atoms with Gasteiger partial charge < -0.3 is 5.73 Å². The average Bonchev–Trinajstić information content (AvgIpc) is 2.42. The van der Waals surface area contributed by atoms with Crippen LogP contribution in [0.15, 0.2) is 28.7 Å². The Labute approximate surface area is 119 Å². The van der Waals surface area contributed by atoms with E-state index in [0.29, 0.717) is 6.04 Å². The molecule has 2 unspecified atom stereocenters. The summed E-state index contributed by atoms with van der Waals surface area (Å²) in [6.45, 7) is 4.54. The SMILES string of the molecule is CCC(N)C(c1ccccc1Br)N1CCCCC1. The summed E-state index contributed by atoms with van der Waals surface area (Å²) in [7, 11) is 0. The minimum atomic E-state index is 0.210. The third kappa shape index (κ3) is 3.14. The Hall–Kier alpha value is -0.380. The Morgan fingerprint density at radius 3 is 2.50 bits per heavy atom. The van der Waals surface area contributed by atoms with Crippen LogP contribution in [-0.2, 0) is 0 Å². The largest absolute Gasteiger partial charge is 0.326 e. The van der Waals surface area contributed by atoms with E-state index in [1.807, 2.05) is 0 Å². The van der Waals surface area contributed by atoms with Gasteiger partial charge in [0.25, 0.3) is 0 Å². The van der Waals surface area contributed by atoms with Gasteiger partial charge in [-0.15, -0.1) is 0 Å². The maximum Gasteiger partial charge on any atom is 0.0510 e. The molecular weight excluding hydrogens is 288 g/mol.